The fourth-order valence-electron chi connectivity index (χ4n) is 4.28. The number of aliphatic imine (C=N–C) groups is 1. The smallest absolute Gasteiger partial charge is 0.193 e. The third-order valence-corrected chi connectivity index (χ3v) is 5.73. The lowest BCUT2D eigenvalue weighted by Crippen LogP contribution is -2.42. The maximum Gasteiger partial charge on any atom is 0.193 e. The molecule has 2 fully saturated rings. The predicted molar refractivity (Wildman–Crippen MR) is 127 cm³/mol. The molecule has 152 valence electrons. The molecule has 4 rings (SSSR count). The maximum absolute atomic E-state index is 5.46. The molecule has 0 bridgehead atoms. The Morgan fingerprint density at radius 3 is 2.71 bits per heavy atom. The summed E-state index contributed by atoms with van der Waals surface area (Å²) in [5, 5.41) is 6.19. The number of rotatable bonds is 4. The van der Waals surface area contributed by atoms with Gasteiger partial charge in [-0.2, -0.15) is 0 Å². The van der Waals surface area contributed by atoms with E-state index in [1.165, 1.54) is 29.3 Å². The van der Waals surface area contributed by atoms with Crippen LogP contribution in [0.5, 0.6) is 0 Å². The van der Waals surface area contributed by atoms with Gasteiger partial charge in [0.1, 0.15) is 0 Å². The van der Waals surface area contributed by atoms with Crippen molar-refractivity contribution < 1.29 is 4.74 Å². The molecule has 1 atom stereocenters. The van der Waals surface area contributed by atoms with Gasteiger partial charge >= 0.3 is 0 Å². The first kappa shape index (κ1) is 21.3. The first-order valence-electron chi connectivity index (χ1n) is 10.1. The SMILES string of the molecule is CN=C(NCc1cccc2ccccc12)N1CCC(CN2CCOCC2)C1.I. The average Bonchev–Trinajstić information content (AvgIpc) is 3.17. The lowest BCUT2D eigenvalue weighted by molar-refractivity contribution is 0.0315. The maximum atomic E-state index is 5.46. The zero-order valence-electron chi connectivity index (χ0n) is 16.6. The molecule has 0 spiro atoms. The highest BCUT2D eigenvalue weighted by Gasteiger charge is 2.27. The number of hydrogen-bond acceptors (Lipinski definition) is 3. The van der Waals surface area contributed by atoms with Crippen molar-refractivity contribution in [3.8, 4) is 0 Å². The number of ether oxygens (including phenoxy) is 1. The summed E-state index contributed by atoms with van der Waals surface area (Å²) in [7, 11) is 1.89. The van der Waals surface area contributed by atoms with Crippen molar-refractivity contribution in [3.05, 3.63) is 48.0 Å². The summed E-state index contributed by atoms with van der Waals surface area (Å²) in [4.78, 5) is 9.50. The molecule has 2 aliphatic rings. The topological polar surface area (TPSA) is 40.1 Å². The Morgan fingerprint density at radius 1 is 1.11 bits per heavy atom. The Balaban J connectivity index is 0.00000225. The van der Waals surface area contributed by atoms with Gasteiger partial charge in [0.25, 0.3) is 0 Å². The van der Waals surface area contributed by atoms with Gasteiger partial charge in [-0.05, 0) is 28.7 Å². The molecular formula is C22H31IN4O. The van der Waals surface area contributed by atoms with E-state index >= 15 is 0 Å². The number of morpholine rings is 1. The lowest BCUT2D eigenvalue weighted by atomic mass is 10.0. The fourth-order valence-corrected chi connectivity index (χ4v) is 4.28. The van der Waals surface area contributed by atoms with Crippen molar-refractivity contribution in [3.63, 3.8) is 0 Å². The number of guanidine groups is 1. The molecular weight excluding hydrogens is 463 g/mol. The van der Waals surface area contributed by atoms with Crippen LogP contribution < -0.4 is 5.32 Å². The normalized spacial score (nSPS) is 21.0. The minimum atomic E-state index is 0. The summed E-state index contributed by atoms with van der Waals surface area (Å²) in [5.74, 6) is 1.74. The number of hydrogen-bond donors (Lipinski definition) is 1. The van der Waals surface area contributed by atoms with E-state index < -0.39 is 0 Å². The third-order valence-electron chi connectivity index (χ3n) is 5.73. The van der Waals surface area contributed by atoms with Crippen LogP contribution in [0.3, 0.4) is 0 Å². The van der Waals surface area contributed by atoms with Crippen LogP contribution >= 0.6 is 24.0 Å². The highest BCUT2D eigenvalue weighted by molar-refractivity contribution is 14.0. The minimum Gasteiger partial charge on any atom is -0.379 e. The molecule has 0 saturated carbocycles. The van der Waals surface area contributed by atoms with Gasteiger partial charge < -0.3 is 15.0 Å². The van der Waals surface area contributed by atoms with Gasteiger partial charge in [-0.1, -0.05) is 42.5 Å². The van der Waals surface area contributed by atoms with Gasteiger partial charge in [0.2, 0.25) is 0 Å². The largest absolute Gasteiger partial charge is 0.379 e. The van der Waals surface area contributed by atoms with Crippen LogP contribution in [0.25, 0.3) is 10.8 Å². The lowest BCUT2D eigenvalue weighted by Gasteiger charge is -2.29. The predicted octanol–water partition coefficient (Wildman–Crippen LogP) is 3.19. The van der Waals surface area contributed by atoms with E-state index in [-0.39, 0.29) is 24.0 Å². The zero-order valence-corrected chi connectivity index (χ0v) is 19.0. The van der Waals surface area contributed by atoms with Gasteiger partial charge in [-0.3, -0.25) is 9.89 Å². The molecule has 5 nitrogen and oxygen atoms in total. The number of likely N-dealkylation sites (tertiary alicyclic amines) is 1. The molecule has 1 unspecified atom stereocenters. The number of nitrogens with one attached hydrogen (secondary N) is 1. The van der Waals surface area contributed by atoms with Gasteiger partial charge in [0.05, 0.1) is 13.2 Å². The van der Waals surface area contributed by atoms with Gasteiger partial charge in [0, 0.05) is 46.3 Å². The van der Waals surface area contributed by atoms with E-state index in [4.69, 9.17) is 4.74 Å². The van der Waals surface area contributed by atoms with Crippen LogP contribution in [-0.2, 0) is 11.3 Å². The molecule has 2 aromatic carbocycles. The van der Waals surface area contributed by atoms with Crippen molar-refractivity contribution in [2.75, 3.05) is 53.0 Å². The van der Waals surface area contributed by atoms with Crippen molar-refractivity contribution in [1.82, 2.24) is 15.1 Å². The second-order valence-corrected chi connectivity index (χ2v) is 7.55. The van der Waals surface area contributed by atoms with Crippen LogP contribution in [0, 0.1) is 5.92 Å². The Morgan fingerprint density at radius 2 is 1.89 bits per heavy atom. The summed E-state index contributed by atoms with van der Waals surface area (Å²) < 4.78 is 5.46. The molecule has 0 amide bonds. The summed E-state index contributed by atoms with van der Waals surface area (Å²) in [6, 6.07) is 15.1. The molecule has 2 heterocycles. The molecule has 0 radical (unpaired) electrons. The van der Waals surface area contributed by atoms with Gasteiger partial charge in [-0.15, -0.1) is 24.0 Å². The number of benzene rings is 2. The summed E-state index contributed by atoms with van der Waals surface area (Å²) in [6.07, 6.45) is 1.24. The minimum absolute atomic E-state index is 0. The van der Waals surface area contributed by atoms with E-state index in [0.717, 1.165) is 57.8 Å². The summed E-state index contributed by atoms with van der Waals surface area (Å²) >= 11 is 0. The molecule has 1 N–H and O–H groups in total. The molecule has 2 aromatic rings. The van der Waals surface area contributed by atoms with Crippen LogP contribution in [0.2, 0.25) is 0 Å². The number of nitrogens with zero attached hydrogens (tertiary/aromatic N) is 3. The average molecular weight is 494 g/mol. The Bertz CT molecular complexity index is 786. The van der Waals surface area contributed by atoms with Crippen LogP contribution in [0.1, 0.15) is 12.0 Å². The molecule has 28 heavy (non-hydrogen) atoms. The summed E-state index contributed by atoms with van der Waals surface area (Å²) in [6.45, 7) is 8.07. The van der Waals surface area contributed by atoms with Gasteiger partial charge in [0.15, 0.2) is 5.96 Å². The Hall–Kier alpha value is -1.38. The van der Waals surface area contributed by atoms with Crippen molar-refractivity contribution >= 4 is 40.7 Å². The van der Waals surface area contributed by atoms with E-state index in [1.54, 1.807) is 0 Å². The number of halogens is 1. The molecule has 2 aliphatic heterocycles. The van der Waals surface area contributed by atoms with Crippen LogP contribution in [0.15, 0.2) is 47.5 Å². The molecule has 0 aliphatic carbocycles. The first-order valence-corrected chi connectivity index (χ1v) is 10.1. The van der Waals surface area contributed by atoms with Crippen molar-refractivity contribution in [1.29, 1.82) is 0 Å². The Kier molecular flexibility index (Phi) is 7.93. The number of fused-ring (bicyclic) bond motifs is 1. The summed E-state index contributed by atoms with van der Waals surface area (Å²) in [5.41, 5.74) is 1.32. The molecule has 0 aromatic heterocycles. The molecule has 2 saturated heterocycles. The first-order chi connectivity index (χ1) is 13.3. The Labute approximate surface area is 185 Å². The van der Waals surface area contributed by atoms with E-state index in [2.05, 4.69) is 62.6 Å². The van der Waals surface area contributed by atoms with E-state index in [0.29, 0.717) is 0 Å². The monoisotopic (exact) mass is 494 g/mol. The van der Waals surface area contributed by atoms with Crippen molar-refractivity contribution in [2.45, 2.75) is 13.0 Å². The third kappa shape index (κ3) is 5.15. The van der Waals surface area contributed by atoms with E-state index in [1.807, 2.05) is 7.05 Å². The standard InChI is InChI=1S/C22H30N4O.HI/c1-23-22(24-15-20-7-4-6-19-5-2-3-8-21(19)20)26-10-9-18(17-26)16-25-11-13-27-14-12-25;/h2-8,18H,9-17H2,1H3,(H,23,24);1H. The second kappa shape index (κ2) is 10.4. The highest BCUT2D eigenvalue weighted by atomic mass is 127. The van der Waals surface area contributed by atoms with Crippen LogP contribution in [0.4, 0.5) is 0 Å². The zero-order chi connectivity index (χ0) is 18.5. The van der Waals surface area contributed by atoms with Crippen LogP contribution in [-0.4, -0.2) is 68.7 Å². The fraction of sp³-hybridized carbons (Fsp3) is 0.500. The quantitative estimate of drug-likeness (QED) is 0.403. The van der Waals surface area contributed by atoms with E-state index in [9.17, 15) is 0 Å². The second-order valence-electron chi connectivity index (χ2n) is 7.55. The highest BCUT2D eigenvalue weighted by Crippen LogP contribution is 2.20. The molecule has 6 heteroatoms. The van der Waals surface area contributed by atoms with Gasteiger partial charge in [-0.25, -0.2) is 0 Å². The van der Waals surface area contributed by atoms with Crippen molar-refractivity contribution in [2.24, 2.45) is 10.9 Å².